The predicted molar refractivity (Wildman–Crippen MR) is 81.6 cm³/mol. The Morgan fingerprint density at radius 1 is 1.26 bits per heavy atom. The number of thioether (sulfide) groups is 1. The topological polar surface area (TPSA) is 37.4 Å². The molecule has 0 aliphatic carbocycles. The zero-order chi connectivity index (χ0) is 14.0. The van der Waals surface area contributed by atoms with Gasteiger partial charge >= 0.3 is 0 Å². The molecule has 0 saturated carbocycles. The maximum absolute atomic E-state index is 12.7. The molecule has 106 valence electrons. The molecule has 3 nitrogen and oxygen atoms in total. The van der Waals surface area contributed by atoms with Crippen molar-refractivity contribution in [1.82, 2.24) is 4.31 Å². The second-order valence-electron chi connectivity index (χ2n) is 4.69. The molecule has 0 N–H and O–H groups in total. The molecule has 0 unspecified atom stereocenters. The summed E-state index contributed by atoms with van der Waals surface area (Å²) in [5, 5.41) is 0. The molecule has 0 bridgehead atoms. The van der Waals surface area contributed by atoms with E-state index in [1.807, 2.05) is 19.9 Å². The van der Waals surface area contributed by atoms with Crippen LogP contribution in [0.25, 0.3) is 0 Å². The van der Waals surface area contributed by atoms with Gasteiger partial charge in [0.1, 0.15) is 0 Å². The second kappa shape index (κ2) is 6.04. The third-order valence-corrected chi connectivity index (χ3v) is 6.70. The largest absolute Gasteiger partial charge is 0.243 e. The molecule has 0 radical (unpaired) electrons. The van der Waals surface area contributed by atoms with Crippen LogP contribution in [-0.2, 0) is 15.9 Å². The van der Waals surface area contributed by atoms with Crippen molar-refractivity contribution >= 4 is 33.4 Å². The lowest BCUT2D eigenvalue weighted by atomic mass is 10.1. The van der Waals surface area contributed by atoms with E-state index < -0.39 is 10.0 Å². The van der Waals surface area contributed by atoms with Crippen molar-refractivity contribution in [2.24, 2.45) is 0 Å². The monoisotopic (exact) mass is 319 g/mol. The Morgan fingerprint density at radius 3 is 2.47 bits per heavy atom. The van der Waals surface area contributed by atoms with Crippen molar-refractivity contribution in [1.29, 1.82) is 0 Å². The normalized spacial score (nSPS) is 17.6. The fourth-order valence-electron chi connectivity index (χ4n) is 2.17. The Bertz CT molecular complexity index is 566. The van der Waals surface area contributed by atoms with Gasteiger partial charge in [0.25, 0.3) is 0 Å². The SMILES string of the molecule is Cc1cc(CCl)cc(S(=O)(=O)N2CCSCC2)c1C. The molecule has 1 fully saturated rings. The fourth-order valence-corrected chi connectivity index (χ4v) is 5.25. The van der Waals surface area contributed by atoms with Crippen LogP contribution in [0, 0.1) is 13.8 Å². The van der Waals surface area contributed by atoms with E-state index in [0.29, 0.717) is 23.9 Å². The van der Waals surface area contributed by atoms with Gasteiger partial charge in [-0.25, -0.2) is 8.42 Å². The van der Waals surface area contributed by atoms with Crippen LogP contribution in [0.4, 0.5) is 0 Å². The first-order valence-corrected chi connectivity index (χ1v) is 9.33. The molecule has 19 heavy (non-hydrogen) atoms. The average Bonchev–Trinajstić information content (AvgIpc) is 2.42. The Balaban J connectivity index is 2.47. The van der Waals surface area contributed by atoms with Gasteiger partial charge in [0.05, 0.1) is 4.90 Å². The Morgan fingerprint density at radius 2 is 1.89 bits per heavy atom. The molecule has 1 aliphatic rings. The van der Waals surface area contributed by atoms with Gasteiger partial charge in [0.2, 0.25) is 10.0 Å². The number of benzene rings is 1. The maximum atomic E-state index is 12.7. The lowest BCUT2D eigenvalue weighted by Crippen LogP contribution is -2.38. The smallest absolute Gasteiger partial charge is 0.207 e. The van der Waals surface area contributed by atoms with Crippen LogP contribution in [0.15, 0.2) is 17.0 Å². The number of hydrogen-bond acceptors (Lipinski definition) is 3. The number of nitrogens with zero attached hydrogens (tertiary/aromatic N) is 1. The Hall–Kier alpha value is -0.230. The number of aryl methyl sites for hydroxylation is 1. The molecule has 0 amide bonds. The zero-order valence-corrected chi connectivity index (χ0v) is 13.5. The summed E-state index contributed by atoms with van der Waals surface area (Å²) in [6.07, 6.45) is 0. The summed E-state index contributed by atoms with van der Waals surface area (Å²) in [6, 6.07) is 3.67. The zero-order valence-electron chi connectivity index (χ0n) is 11.1. The van der Waals surface area contributed by atoms with E-state index in [-0.39, 0.29) is 0 Å². The lowest BCUT2D eigenvalue weighted by Gasteiger charge is -2.26. The van der Waals surface area contributed by atoms with Gasteiger partial charge in [0, 0.05) is 30.5 Å². The van der Waals surface area contributed by atoms with Crippen LogP contribution in [-0.4, -0.2) is 37.3 Å². The van der Waals surface area contributed by atoms with Crippen molar-refractivity contribution in [2.45, 2.75) is 24.6 Å². The molecule has 0 atom stereocenters. The molecule has 1 aliphatic heterocycles. The highest BCUT2D eigenvalue weighted by Crippen LogP contribution is 2.26. The number of hydrogen-bond donors (Lipinski definition) is 0. The standard InChI is InChI=1S/C13H18ClNO2S2/c1-10-7-12(9-14)8-13(11(10)2)19(16,17)15-3-5-18-6-4-15/h7-8H,3-6,9H2,1-2H3. The predicted octanol–water partition coefficient (Wildman–Crippen LogP) is 2.78. The quantitative estimate of drug-likeness (QED) is 0.804. The van der Waals surface area contributed by atoms with Gasteiger partial charge in [-0.15, -0.1) is 11.6 Å². The van der Waals surface area contributed by atoms with Crippen LogP contribution in [0.3, 0.4) is 0 Å². The summed E-state index contributed by atoms with van der Waals surface area (Å²) in [5.41, 5.74) is 2.66. The summed E-state index contributed by atoms with van der Waals surface area (Å²) in [5.74, 6) is 2.07. The highest BCUT2D eigenvalue weighted by Gasteiger charge is 2.28. The second-order valence-corrected chi connectivity index (χ2v) is 8.08. The van der Waals surface area contributed by atoms with Gasteiger partial charge in [-0.2, -0.15) is 16.1 Å². The summed E-state index contributed by atoms with van der Waals surface area (Å²) in [6.45, 7) is 4.97. The molecule has 1 saturated heterocycles. The minimum Gasteiger partial charge on any atom is -0.207 e. The van der Waals surface area contributed by atoms with Crippen molar-refractivity contribution in [2.75, 3.05) is 24.6 Å². The van der Waals surface area contributed by atoms with E-state index in [9.17, 15) is 8.42 Å². The summed E-state index contributed by atoms with van der Waals surface area (Å²) < 4.78 is 27.0. The van der Waals surface area contributed by atoms with E-state index in [2.05, 4.69) is 0 Å². The van der Waals surface area contributed by atoms with Crippen LogP contribution in [0.2, 0.25) is 0 Å². The first kappa shape index (κ1) is 15.2. The van der Waals surface area contributed by atoms with E-state index >= 15 is 0 Å². The number of halogens is 1. The van der Waals surface area contributed by atoms with E-state index in [0.717, 1.165) is 28.2 Å². The highest BCUT2D eigenvalue weighted by molar-refractivity contribution is 7.99. The fraction of sp³-hybridized carbons (Fsp3) is 0.538. The lowest BCUT2D eigenvalue weighted by molar-refractivity contribution is 0.443. The van der Waals surface area contributed by atoms with Crippen LogP contribution in [0.5, 0.6) is 0 Å². The summed E-state index contributed by atoms with van der Waals surface area (Å²) >= 11 is 7.65. The third-order valence-electron chi connectivity index (χ3n) is 3.42. The first-order chi connectivity index (χ1) is 8.96. The molecule has 0 aromatic heterocycles. The Kier molecular flexibility index (Phi) is 4.82. The molecule has 1 heterocycles. The molecule has 1 aromatic rings. The molecule has 2 rings (SSSR count). The van der Waals surface area contributed by atoms with E-state index in [1.54, 1.807) is 22.1 Å². The van der Waals surface area contributed by atoms with Crippen molar-refractivity contribution in [3.8, 4) is 0 Å². The number of sulfonamides is 1. The number of alkyl halides is 1. The van der Waals surface area contributed by atoms with Gasteiger partial charge in [0.15, 0.2) is 0 Å². The number of rotatable bonds is 3. The van der Waals surface area contributed by atoms with Crippen LogP contribution < -0.4 is 0 Å². The molecule has 0 spiro atoms. The third kappa shape index (κ3) is 3.10. The first-order valence-electron chi connectivity index (χ1n) is 6.21. The van der Waals surface area contributed by atoms with Crippen molar-refractivity contribution in [3.63, 3.8) is 0 Å². The molecular weight excluding hydrogens is 302 g/mol. The average molecular weight is 320 g/mol. The van der Waals surface area contributed by atoms with Crippen molar-refractivity contribution in [3.05, 3.63) is 28.8 Å². The molecule has 6 heteroatoms. The summed E-state index contributed by atoms with van der Waals surface area (Å²) in [4.78, 5) is 0.412. The van der Waals surface area contributed by atoms with Crippen molar-refractivity contribution < 1.29 is 8.42 Å². The van der Waals surface area contributed by atoms with Gasteiger partial charge in [-0.1, -0.05) is 6.07 Å². The molecule has 1 aromatic carbocycles. The van der Waals surface area contributed by atoms with E-state index in [1.165, 1.54) is 0 Å². The minimum absolute atomic E-state index is 0.333. The summed E-state index contributed by atoms with van der Waals surface area (Å²) in [7, 11) is -3.39. The van der Waals surface area contributed by atoms with Gasteiger partial charge < -0.3 is 0 Å². The maximum Gasteiger partial charge on any atom is 0.243 e. The highest BCUT2D eigenvalue weighted by atomic mass is 35.5. The molecular formula is C13H18ClNO2S2. The van der Waals surface area contributed by atoms with Gasteiger partial charge in [-0.05, 0) is 36.6 Å². The van der Waals surface area contributed by atoms with Crippen LogP contribution >= 0.6 is 23.4 Å². The Labute approximate surface area is 124 Å². The minimum atomic E-state index is -3.39. The van der Waals surface area contributed by atoms with Gasteiger partial charge in [-0.3, -0.25) is 0 Å². The van der Waals surface area contributed by atoms with Crippen LogP contribution in [0.1, 0.15) is 16.7 Å². The van der Waals surface area contributed by atoms with E-state index in [4.69, 9.17) is 11.6 Å².